The number of piperazine rings is 1. The summed E-state index contributed by atoms with van der Waals surface area (Å²) in [6.45, 7) is 3.42. The largest absolute Gasteiger partial charge is 0.370 e. The number of hydrogen-bond donors (Lipinski definition) is 1. The van der Waals surface area contributed by atoms with E-state index >= 15 is 0 Å². The van der Waals surface area contributed by atoms with Crippen LogP contribution in [0.1, 0.15) is 4.88 Å². The molecule has 25 heavy (non-hydrogen) atoms. The Balaban J connectivity index is 1.56. The Morgan fingerprint density at radius 2 is 1.92 bits per heavy atom. The van der Waals surface area contributed by atoms with E-state index in [0.717, 1.165) is 37.0 Å². The van der Waals surface area contributed by atoms with E-state index in [1.807, 2.05) is 4.90 Å². The highest BCUT2D eigenvalue weighted by Gasteiger charge is 2.20. The highest BCUT2D eigenvalue weighted by molar-refractivity contribution is 7.92. The van der Waals surface area contributed by atoms with E-state index in [-0.39, 0.29) is 0 Å². The zero-order valence-corrected chi connectivity index (χ0v) is 15.5. The molecular formula is C15H20N6O2S2. The van der Waals surface area contributed by atoms with Crippen LogP contribution in [0.4, 0.5) is 5.95 Å². The van der Waals surface area contributed by atoms with Gasteiger partial charge in [0.05, 0.1) is 6.54 Å². The van der Waals surface area contributed by atoms with Gasteiger partial charge in [0.25, 0.3) is 0 Å². The molecule has 0 saturated carbocycles. The molecule has 0 aliphatic carbocycles. The highest BCUT2D eigenvalue weighted by atomic mass is 32.2. The molecule has 134 valence electrons. The molecule has 0 radical (unpaired) electrons. The molecule has 0 amide bonds. The van der Waals surface area contributed by atoms with Gasteiger partial charge in [-0.3, -0.25) is 0 Å². The summed E-state index contributed by atoms with van der Waals surface area (Å²) < 4.78 is 23.4. The molecule has 10 heteroatoms. The summed E-state index contributed by atoms with van der Waals surface area (Å²) >= 11 is 1.23. The lowest BCUT2D eigenvalue weighted by molar-refractivity contribution is 0.378. The van der Waals surface area contributed by atoms with Crippen LogP contribution < -0.4 is 10.6 Å². The maximum atomic E-state index is 11.5. The third-order valence-corrected chi connectivity index (χ3v) is 6.73. The number of sulfone groups is 1. The molecule has 1 aliphatic heterocycles. The normalized spacial score (nSPS) is 16.3. The molecule has 0 unspecified atom stereocenters. The lowest BCUT2D eigenvalue weighted by Gasteiger charge is -2.35. The zero-order valence-electron chi connectivity index (χ0n) is 13.9. The fourth-order valence-electron chi connectivity index (χ4n) is 2.49. The fraction of sp³-hybridized carbons (Fsp3) is 0.400. The Kier molecular flexibility index (Phi) is 5.19. The average Bonchev–Trinajstić information content (AvgIpc) is 3.10. The maximum Gasteiger partial charge on any atom is 0.225 e. The van der Waals surface area contributed by atoms with E-state index in [9.17, 15) is 8.42 Å². The lowest BCUT2D eigenvalue weighted by Crippen LogP contribution is -2.51. The van der Waals surface area contributed by atoms with Crippen molar-refractivity contribution >= 4 is 33.1 Å². The van der Waals surface area contributed by atoms with Crippen molar-refractivity contribution in [2.75, 3.05) is 37.3 Å². The molecule has 1 fully saturated rings. The minimum atomic E-state index is -3.16. The van der Waals surface area contributed by atoms with Crippen molar-refractivity contribution in [2.45, 2.75) is 10.8 Å². The second-order valence-electron chi connectivity index (χ2n) is 5.69. The van der Waals surface area contributed by atoms with Crippen LogP contribution in [0.15, 0.2) is 39.8 Å². The van der Waals surface area contributed by atoms with Gasteiger partial charge in [-0.1, -0.05) is 0 Å². The number of anilines is 1. The number of hydrogen-bond acceptors (Lipinski definition) is 7. The van der Waals surface area contributed by atoms with Crippen molar-refractivity contribution in [3.63, 3.8) is 0 Å². The number of nitrogens with zero attached hydrogens (tertiary/aromatic N) is 5. The third kappa shape index (κ3) is 4.45. The van der Waals surface area contributed by atoms with E-state index in [1.54, 1.807) is 30.6 Å². The molecule has 2 N–H and O–H groups in total. The first kappa shape index (κ1) is 17.6. The van der Waals surface area contributed by atoms with Crippen molar-refractivity contribution in [1.29, 1.82) is 0 Å². The van der Waals surface area contributed by atoms with Crippen LogP contribution in [0.3, 0.4) is 0 Å². The molecule has 8 nitrogen and oxygen atoms in total. The monoisotopic (exact) mass is 380 g/mol. The quantitative estimate of drug-likeness (QED) is 0.611. The molecule has 1 aliphatic rings. The van der Waals surface area contributed by atoms with Gasteiger partial charge in [0.1, 0.15) is 4.21 Å². The number of thiophene rings is 1. The van der Waals surface area contributed by atoms with E-state index in [0.29, 0.717) is 16.7 Å². The fourth-order valence-corrected chi connectivity index (χ4v) is 4.39. The Labute approximate surface area is 150 Å². The Bertz CT molecular complexity index is 842. The van der Waals surface area contributed by atoms with Crippen LogP contribution in [0.2, 0.25) is 0 Å². The van der Waals surface area contributed by atoms with Gasteiger partial charge in [0.2, 0.25) is 5.95 Å². The van der Waals surface area contributed by atoms with E-state index in [4.69, 9.17) is 5.73 Å². The van der Waals surface area contributed by atoms with Crippen molar-refractivity contribution in [3.05, 3.63) is 35.5 Å². The van der Waals surface area contributed by atoms with Crippen molar-refractivity contribution < 1.29 is 8.42 Å². The number of nitrogens with two attached hydrogens (primary N) is 1. The predicted molar refractivity (Wildman–Crippen MR) is 98.6 cm³/mol. The molecule has 0 atom stereocenters. The van der Waals surface area contributed by atoms with Gasteiger partial charge in [-0.25, -0.2) is 23.4 Å². The SMILES string of the molecule is CS(=O)(=O)c1ccc(CN=C(N)N2CCN(c3ncccn3)CC2)s1. The third-order valence-electron chi connectivity index (χ3n) is 3.84. The summed E-state index contributed by atoms with van der Waals surface area (Å²) in [6, 6.07) is 5.19. The molecule has 3 rings (SSSR count). The topological polar surface area (TPSA) is 105 Å². The van der Waals surface area contributed by atoms with Crippen molar-refractivity contribution in [2.24, 2.45) is 10.7 Å². The Hall–Kier alpha value is -2.20. The Morgan fingerprint density at radius 1 is 1.24 bits per heavy atom. The molecule has 1 saturated heterocycles. The maximum absolute atomic E-state index is 11.5. The number of aromatic nitrogens is 2. The van der Waals surface area contributed by atoms with Crippen LogP contribution in [0.5, 0.6) is 0 Å². The highest BCUT2D eigenvalue weighted by Crippen LogP contribution is 2.22. The molecule has 0 spiro atoms. The van der Waals surface area contributed by atoms with E-state index in [1.165, 1.54) is 17.6 Å². The molecule has 3 heterocycles. The van der Waals surface area contributed by atoms with Crippen molar-refractivity contribution in [1.82, 2.24) is 14.9 Å². The first-order valence-electron chi connectivity index (χ1n) is 7.79. The minimum Gasteiger partial charge on any atom is -0.370 e. The van der Waals surface area contributed by atoms with Gasteiger partial charge in [-0.2, -0.15) is 0 Å². The van der Waals surface area contributed by atoms with E-state index in [2.05, 4.69) is 19.9 Å². The van der Waals surface area contributed by atoms with E-state index < -0.39 is 9.84 Å². The van der Waals surface area contributed by atoms with Crippen LogP contribution in [-0.4, -0.2) is 61.7 Å². The second-order valence-corrected chi connectivity index (χ2v) is 9.10. The molecule has 2 aromatic rings. The summed E-state index contributed by atoms with van der Waals surface area (Å²) in [7, 11) is -3.16. The zero-order chi connectivity index (χ0) is 17.9. The van der Waals surface area contributed by atoms with Gasteiger partial charge in [0, 0.05) is 49.7 Å². The van der Waals surface area contributed by atoms with Gasteiger partial charge in [0.15, 0.2) is 15.8 Å². The summed E-state index contributed by atoms with van der Waals surface area (Å²) in [5.74, 6) is 1.20. The smallest absolute Gasteiger partial charge is 0.225 e. The van der Waals surface area contributed by atoms with Gasteiger partial charge < -0.3 is 15.5 Å². The van der Waals surface area contributed by atoms with Gasteiger partial charge >= 0.3 is 0 Å². The Morgan fingerprint density at radius 3 is 2.52 bits per heavy atom. The molecular weight excluding hydrogens is 360 g/mol. The minimum absolute atomic E-state index is 0.354. The first-order chi connectivity index (χ1) is 11.9. The lowest BCUT2D eigenvalue weighted by atomic mass is 10.3. The van der Waals surface area contributed by atoms with Crippen LogP contribution >= 0.6 is 11.3 Å². The van der Waals surface area contributed by atoms with Crippen molar-refractivity contribution in [3.8, 4) is 0 Å². The van der Waals surface area contributed by atoms with Crippen LogP contribution in [0.25, 0.3) is 0 Å². The van der Waals surface area contributed by atoms with Gasteiger partial charge in [-0.15, -0.1) is 11.3 Å². The summed E-state index contributed by atoms with van der Waals surface area (Å²) in [5.41, 5.74) is 6.09. The number of rotatable bonds is 4. The van der Waals surface area contributed by atoms with Gasteiger partial charge in [-0.05, 0) is 18.2 Å². The standard InChI is InChI=1S/C15H20N6O2S2/c1-25(22,23)13-4-3-12(24-13)11-19-14(16)20-7-9-21(10-8-20)15-17-5-2-6-18-15/h2-6H,7-11H2,1H3,(H2,16,19). The summed E-state index contributed by atoms with van der Waals surface area (Å²) in [6.07, 6.45) is 4.67. The molecule has 0 bridgehead atoms. The predicted octanol–water partition coefficient (Wildman–Crippen LogP) is 0.579. The molecule has 0 aromatic carbocycles. The van der Waals surface area contributed by atoms with Crippen LogP contribution in [0, 0.1) is 0 Å². The van der Waals surface area contributed by atoms with Crippen LogP contribution in [-0.2, 0) is 16.4 Å². The molecule has 2 aromatic heterocycles. The number of guanidine groups is 1. The first-order valence-corrected chi connectivity index (χ1v) is 10.5. The summed E-state index contributed by atoms with van der Waals surface area (Å²) in [4.78, 5) is 17.9. The number of aliphatic imine (C=N–C) groups is 1. The second kappa shape index (κ2) is 7.36. The average molecular weight is 380 g/mol. The summed E-state index contributed by atoms with van der Waals surface area (Å²) in [5, 5.41) is 0.